The van der Waals surface area contributed by atoms with Crippen LogP contribution >= 0.6 is 0 Å². The molecular formula is C28H24N4O14S2. The molecule has 0 aliphatic carbocycles. The zero-order valence-electron chi connectivity index (χ0n) is 24.5. The van der Waals surface area contributed by atoms with Crippen LogP contribution in [0.3, 0.4) is 0 Å². The minimum atomic E-state index is -4.76. The molecule has 4 aromatic rings. The minimum Gasteiger partial charge on any atom is -0.282 e. The van der Waals surface area contributed by atoms with E-state index in [1.807, 2.05) is 0 Å². The third kappa shape index (κ3) is 8.55. The Hall–Kier alpha value is -5.70. The highest BCUT2D eigenvalue weighted by Crippen LogP contribution is 2.33. The molecule has 0 atom stereocenters. The van der Waals surface area contributed by atoms with Gasteiger partial charge in [0.15, 0.2) is 0 Å². The van der Waals surface area contributed by atoms with Crippen LogP contribution in [0.4, 0.5) is 5.69 Å². The summed E-state index contributed by atoms with van der Waals surface area (Å²) in [6.45, 7) is 0.878. The highest BCUT2D eigenvalue weighted by atomic mass is 32.2. The fourth-order valence-electron chi connectivity index (χ4n) is 4.32. The van der Waals surface area contributed by atoms with Crippen molar-refractivity contribution in [2.75, 3.05) is 0 Å². The molecule has 0 aliphatic rings. The highest BCUT2D eigenvalue weighted by molar-refractivity contribution is 7.86. The van der Waals surface area contributed by atoms with Gasteiger partial charge in [0, 0.05) is 11.3 Å². The van der Waals surface area contributed by atoms with Crippen molar-refractivity contribution in [3.05, 3.63) is 165 Å². The lowest BCUT2D eigenvalue weighted by Gasteiger charge is -2.16. The summed E-state index contributed by atoms with van der Waals surface area (Å²) in [5.41, 5.74) is -0.409. The van der Waals surface area contributed by atoms with Crippen molar-refractivity contribution in [2.24, 2.45) is 0 Å². The Bertz CT molecular complexity index is 2040. The first kappa shape index (κ1) is 36.8. The first-order valence-electron chi connectivity index (χ1n) is 13.2. The number of nitrogens with zero attached hydrogens (tertiary/aromatic N) is 4. The van der Waals surface area contributed by atoms with Gasteiger partial charge in [-0.25, -0.2) is 0 Å². The van der Waals surface area contributed by atoms with E-state index in [0.717, 1.165) is 42.0 Å². The maximum Gasteiger partial charge on any atom is 0.621 e. The topological polar surface area (TPSA) is 270 Å². The van der Waals surface area contributed by atoms with Crippen LogP contribution in [0.15, 0.2) is 107 Å². The van der Waals surface area contributed by atoms with Crippen LogP contribution in [0.1, 0.15) is 27.8 Å². The molecule has 0 aromatic heterocycles. The molecule has 0 amide bonds. The van der Waals surface area contributed by atoms with Gasteiger partial charge in [0.05, 0.1) is 15.4 Å². The first-order valence-corrected chi connectivity index (χ1v) is 16.0. The summed E-state index contributed by atoms with van der Waals surface area (Å²) in [6, 6.07) is 21.6. The van der Waals surface area contributed by atoms with E-state index in [1.165, 1.54) is 30.3 Å². The quantitative estimate of drug-likeness (QED) is 0.0709. The van der Waals surface area contributed by atoms with Gasteiger partial charge in [-0.3, -0.25) is 45.0 Å². The van der Waals surface area contributed by atoms with Crippen LogP contribution in [0.5, 0.6) is 0 Å². The van der Waals surface area contributed by atoms with Gasteiger partial charge in [-0.2, -0.15) is 16.8 Å². The average molecular weight is 705 g/mol. The zero-order chi connectivity index (χ0) is 35.9. The summed E-state index contributed by atoms with van der Waals surface area (Å²) in [7, 11) is -9.49. The molecule has 4 rings (SSSR count). The number of nitro benzene ring substituents is 1. The van der Waals surface area contributed by atoms with Crippen molar-refractivity contribution < 1.29 is 45.3 Å². The smallest absolute Gasteiger partial charge is 0.282 e. The van der Waals surface area contributed by atoms with E-state index in [2.05, 4.69) is 4.18 Å². The van der Waals surface area contributed by atoms with Crippen molar-refractivity contribution in [2.45, 2.75) is 35.5 Å². The van der Waals surface area contributed by atoms with Gasteiger partial charge in [-0.05, 0) is 48.9 Å². The predicted molar refractivity (Wildman–Crippen MR) is 164 cm³/mol. The predicted octanol–water partition coefficient (Wildman–Crippen LogP) is 4.27. The summed E-state index contributed by atoms with van der Waals surface area (Å²) >= 11 is 0. The Morgan fingerprint density at radius 2 is 1.25 bits per heavy atom. The second-order valence-electron chi connectivity index (χ2n) is 9.77. The molecule has 0 aliphatic heterocycles. The van der Waals surface area contributed by atoms with E-state index in [0.29, 0.717) is 5.56 Å². The second kappa shape index (κ2) is 14.8. The van der Waals surface area contributed by atoms with Gasteiger partial charge in [0.25, 0.3) is 15.8 Å². The monoisotopic (exact) mass is 704 g/mol. The first-order chi connectivity index (χ1) is 22.4. The minimum absolute atomic E-state index is 0.169. The number of hydrogen-bond acceptors (Lipinski definition) is 13. The number of nitro groups is 4. The summed E-state index contributed by atoms with van der Waals surface area (Å²) in [4.78, 5) is 39.5. The van der Waals surface area contributed by atoms with E-state index >= 15 is 0 Å². The van der Waals surface area contributed by atoms with Gasteiger partial charge < -0.3 is 0 Å². The van der Waals surface area contributed by atoms with Crippen LogP contribution in [-0.2, 0) is 43.2 Å². The fourth-order valence-corrected chi connectivity index (χ4v) is 6.13. The molecule has 0 unspecified atom stereocenters. The standard InChI is InChI=1S/2C14H12N2O7S/c1-11-7-9-13(10-8-11)24(21,22)23-14(15(17)18,16(19)20)12-5-3-2-4-6-12;17-15(18)9-11-6-7-13(24(21,22)23)12(14(11)16(19)20)8-10-4-2-1-3-5-10/h2-10H,1H3;1-7H,8-9H2,(H,21,22,23). The van der Waals surface area contributed by atoms with Crippen molar-refractivity contribution >= 4 is 25.9 Å². The molecule has 0 saturated carbocycles. The van der Waals surface area contributed by atoms with Crippen molar-refractivity contribution in [1.82, 2.24) is 0 Å². The molecule has 0 fully saturated rings. The summed E-state index contributed by atoms with van der Waals surface area (Å²) in [6.07, 6.45) is -0.169. The number of benzene rings is 4. The molecule has 0 heterocycles. The van der Waals surface area contributed by atoms with E-state index < -0.39 is 73.4 Å². The third-order valence-corrected chi connectivity index (χ3v) is 8.73. The largest absolute Gasteiger partial charge is 0.621 e. The third-order valence-electron chi connectivity index (χ3n) is 6.49. The Morgan fingerprint density at radius 1 is 0.729 bits per heavy atom. The second-order valence-corrected chi connectivity index (χ2v) is 12.7. The molecule has 0 bridgehead atoms. The van der Waals surface area contributed by atoms with Crippen LogP contribution in [0.25, 0.3) is 0 Å². The summed E-state index contributed by atoms with van der Waals surface area (Å²) in [5.74, 6) is -3.47. The van der Waals surface area contributed by atoms with Crippen LogP contribution < -0.4 is 0 Å². The number of hydrogen-bond donors (Lipinski definition) is 1. The van der Waals surface area contributed by atoms with Crippen molar-refractivity contribution in [3.63, 3.8) is 0 Å². The molecule has 0 saturated heterocycles. The molecule has 1 N–H and O–H groups in total. The molecule has 18 nitrogen and oxygen atoms in total. The zero-order valence-corrected chi connectivity index (χ0v) is 26.1. The number of rotatable bonds is 12. The molecular weight excluding hydrogens is 680 g/mol. The highest BCUT2D eigenvalue weighted by Gasteiger charge is 2.64. The lowest BCUT2D eigenvalue weighted by atomic mass is 10.00. The lowest BCUT2D eigenvalue weighted by Crippen LogP contribution is -2.47. The van der Waals surface area contributed by atoms with Crippen molar-refractivity contribution in [1.29, 1.82) is 0 Å². The van der Waals surface area contributed by atoms with Gasteiger partial charge in [0.1, 0.15) is 25.9 Å². The molecule has 0 radical (unpaired) electrons. The van der Waals surface area contributed by atoms with E-state index in [9.17, 15) is 61.8 Å². The Balaban J connectivity index is 0.000000260. The molecule has 4 aromatic carbocycles. The molecule has 0 spiro atoms. The van der Waals surface area contributed by atoms with Gasteiger partial charge in [-0.15, -0.1) is 4.18 Å². The lowest BCUT2D eigenvalue weighted by molar-refractivity contribution is -0.854. The molecule has 252 valence electrons. The van der Waals surface area contributed by atoms with Gasteiger partial charge >= 0.3 is 16.0 Å². The summed E-state index contributed by atoms with van der Waals surface area (Å²) in [5, 5.41) is 44.9. The Morgan fingerprint density at radius 3 is 1.71 bits per heavy atom. The van der Waals surface area contributed by atoms with E-state index in [4.69, 9.17) is 0 Å². The van der Waals surface area contributed by atoms with Crippen molar-refractivity contribution in [3.8, 4) is 0 Å². The molecule has 20 heteroatoms. The van der Waals surface area contributed by atoms with Crippen LogP contribution in [-0.4, -0.2) is 41.1 Å². The summed E-state index contributed by atoms with van der Waals surface area (Å²) < 4.78 is 61.6. The Labute approximate surface area is 271 Å². The maximum atomic E-state index is 12.3. The van der Waals surface area contributed by atoms with Crippen LogP contribution in [0, 0.1) is 47.4 Å². The van der Waals surface area contributed by atoms with Gasteiger partial charge in [-0.1, -0.05) is 66.2 Å². The van der Waals surface area contributed by atoms with Crippen LogP contribution in [0.2, 0.25) is 0 Å². The van der Waals surface area contributed by atoms with E-state index in [1.54, 1.807) is 37.3 Å². The normalized spacial score (nSPS) is 11.5. The SMILES string of the molecule is Cc1ccc(S(=O)(=O)OC(c2ccccc2)([N+](=O)[O-])[N+](=O)[O-])cc1.O=[N+]([O-])Cc1ccc(S(=O)(=O)O)c(Cc2ccccc2)c1[N+](=O)[O-]. The van der Waals surface area contributed by atoms with E-state index in [-0.39, 0.29) is 17.5 Å². The molecule has 48 heavy (non-hydrogen) atoms. The maximum absolute atomic E-state index is 12.3. The number of aryl methyl sites for hydroxylation is 1. The fraction of sp³-hybridized carbons (Fsp3) is 0.143. The average Bonchev–Trinajstić information content (AvgIpc) is 3.00. The Kier molecular flexibility index (Phi) is 11.3. The van der Waals surface area contributed by atoms with Gasteiger partial charge in [0.2, 0.25) is 6.54 Å².